The summed E-state index contributed by atoms with van der Waals surface area (Å²) in [6.07, 6.45) is 0.961. The van der Waals surface area contributed by atoms with Gasteiger partial charge in [-0.15, -0.1) is 0 Å². The molecule has 0 bridgehead atoms. The normalized spacial score (nSPS) is 14.5. The van der Waals surface area contributed by atoms with E-state index in [0.29, 0.717) is 22.3 Å². The van der Waals surface area contributed by atoms with Crippen LogP contribution in [0.5, 0.6) is 0 Å². The van der Waals surface area contributed by atoms with Crippen molar-refractivity contribution in [2.24, 2.45) is 5.73 Å². The lowest BCUT2D eigenvalue weighted by Gasteiger charge is -2.30. The van der Waals surface area contributed by atoms with E-state index in [-0.39, 0.29) is 0 Å². The number of aliphatic hydroxyl groups excluding tert-OH is 1. The number of nitrogens with one attached hydrogen (secondary N) is 1. The zero-order chi connectivity index (χ0) is 20.5. The fourth-order valence-electron chi connectivity index (χ4n) is 3.84. The number of carbonyl (C=O) groups is 2. The van der Waals surface area contributed by atoms with E-state index in [2.05, 4.69) is 28.4 Å². The van der Waals surface area contributed by atoms with Gasteiger partial charge in [-0.3, -0.25) is 9.59 Å². The maximum Gasteiger partial charge on any atom is 0.256 e. The number of anilines is 1. The molecule has 0 radical (unpaired) electrons. The van der Waals surface area contributed by atoms with Crippen molar-refractivity contribution in [3.8, 4) is 0 Å². The summed E-state index contributed by atoms with van der Waals surface area (Å²) in [6, 6.07) is 13.0. The number of primary amides is 1. The van der Waals surface area contributed by atoms with Gasteiger partial charge in [0.1, 0.15) is 17.4 Å². The molecule has 2 amide bonds. The highest BCUT2D eigenvalue weighted by molar-refractivity contribution is 6.09. The van der Waals surface area contributed by atoms with Crippen LogP contribution in [0.4, 0.5) is 5.69 Å². The summed E-state index contributed by atoms with van der Waals surface area (Å²) in [7, 11) is 0. The van der Waals surface area contributed by atoms with Crippen molar-refractivity contribution < 1.29 is 19.1 Å². The second-order valence-electron chi connectivity index (χ2n) is 7.26. The van der Waals surface area contributed by atoms with Crippen LogP contribution in [0.15, 0.2) is 46.9 Å². The first kappa shape index (κ1) is 19.0. The van der Waals surface area contributed by atoms with E-state index in [1.165, 1.54) is 11.1 Å². The first-order chi connectivity index (χ1) is 14.0. The van der Waals surface area contributed by atoms with Crippen LogP contribution < -0.4 is 16.0 Å². The fraction of sp³-hybridized carbons (Fsp3) is 0.273. The Kier molecular flexibility index (Phi) is 4.98. The Hall–Kier alpha value is -3.32. The van der Waals surface area contributed by atoms with E-state index in [1.807, 2.05) is 24.3 Å². The van der Waals surface area contributed by atoms with Gasteiger partial charge in [0.15, 0.2) is 0 Å². The number of hydrogen-bond donors (Lipinski definition) is 3. The van der Waals surface area contributed by atoms with E-state index >= 15 is 0 Å². The minimum atomic E-state index is -1.14. The van der Waals surface area contributed by atoms with Gasteiger partial charge in [-0.25, -0.2) is 0 Å². The van der Waals surface area contributed by atoms with Crippen molar-refractivity contribution >= 4 is 28.5 Å². The minimum Gasteiger partial charge on any atom is -0.461 e. The molecule has 0 saturated heterocycles. The summed E-state index contributed by atoms with van der Waals surface area (Å²) >= 11 is 0. The van der Waals surface area contributed by atoms with Gasteiger partial charge in [-0.05, 0) is 42.7 Å². The van der Waals surface area contributed by atoms with Crippen molar-refractivity contribution in [3.05, 3.63) is 64.9 Å². The quantitative estimate of drug-likeness (QED) is 0.613. The van der Waals surface area contributed by atoms with Crippen LogP contribution in [0, 0.1) is 6.92 Å². The number of carbonyl (C=O) groups excluding carboxylic acids is 2. The largest absolute Gasteiger partial charge is 0.461 e. The van der Waals surface area contributed by atoms with Crippen LogP contribution in [0.3, 0.4) is 0 Å². The summed E-state index contributed by atoms with van der Waals surface area (Å²) in [5.41, 5.74) is 9.81. The first-order valence-corrected chi connectivity index (χ1v) is 9.54. The summed E-state index contributed by atoms with van der Waals surface area (Å²) < 4.78 is 5.74. The molecular formula is C22H23N3O4. The lowest BCUT2D eigenvalue weighted by molar-refractivity contribution is -0.120. The molecule has 0 aliphatic carbocycles. The topological polar surface area (TPSA) is 109 Å². The zero-order valence-corrected chi connectivity index (χ0v) is 16.1. The molecule has 2 aromatic carbocycles. The zero-order valence-electron chi connectivity index (χ0n) is 16.1. The van der Waals surface area contributed by atoms with Crippen molar-refractivity contribution in [2.75, 3.05) is 18.1 Å². The SMILES string of the molecule is Cc1oc2ccc(N3CCc4ccccc4C3)cc2c1C(=O)N[C@@H](CO)C(N)=O. The molecule has 7 heteroatoms. The van der Waals surface area contributed by atoms with Crippen LogP contribution >= 0.6 is 0 Å². The van der Waals surface area contributed by atoms with Gasteiger partial charge in [-0.1, -0.05) is 24.3 Å². The summed E-state index contributed by atoms with van der Waals surface area (Å²) in [5, 5.41) is 12.4. The average Bonchev–Trinajstić information content (AvgIpc) is 3.06. The van der Waals surface area contributed by atoms with E-state index in [0.717, 1.165) is 25.2 Å². The van der Waals surface area contributed by atoms with Crippen molar-refractivity contribution in [2.45, 2.75) is 25.9 Å². The predicted molar refractivity (Wildman–Crippen MR) is 110 cm³/mol. The number of amides is 2. The second kappa shape index (κ2) is 7.60. The van der Waals surface area contributed by atoms with Crippen LogP contribution in [0.2, 0.25) is 0 Å². The second-order valence-corrected chi connectivity index (χ2v) is 7.26. The molecule has 3 aromatic rings. The summed E-state index contributed by atoms with van der Waals surface area (Å²) in [5.74, 6) is -0.848. The number of aryl methyl sites for hydroxylation is 1. The van der Waals surface area contributed by atoms with Crippen molar-refractivity contribution in [3.63, 3.8) is 0 Å². The number of hydrogen-bond acceptors (Lipinski definition) is 5. The Bertz CT molecular complexity index is 1090. The predicted octanol–water partition coefficient (Wildman–Crippen LogP) is 1.88. The number of furan rings is 1. The molecule has 7 nitrogen and oxygen atoms in total. The van der Waals surface area contributed by atoms with Gasteiger partial charge in [0.25, 0.3) is 5.91 Å². The Morgan fingerprint density at radius 2 is 2.00 bits per heavy atom. The molecule has 150 valence electrons. The van der Waals surface area contributed by atoms with Crippen LogP contribution in [0.1, 0.15) is 27.2 Å². The third-order valence-electron chi connectivity index (χ3n) is 5.40. The van der Waals surface area contributed by atoms with Crippen LogP contribution in [0.25, 0.3) is 11.0 Å². The molecule has 2 heterocycles. The van der Waals surface area contributed by atoms with Crippen molar-refractivity contribution in [1.82, 2.24) is 5.32 Å². The van der Waals surface area contributed by atoms with E-state index in [1.54, 1.807) is 6.92 Å². The third-order valence-corrected chi connectivity index (χ3v) is 5.40. The van der Waals surface area contributed by atoms with Crippen molar-refractivity contribution in [1.29, 1.82) is 0 Å². The molecule has 29 heavy (non-hydrogen) atoms. The van der Waals surface area contributed by atoms with E-state index < -0.39 is 24.5 Å². The Morgan fingerprint density at radius 3 is 2.72 bits per heavy atom. The van der Waals surface area contributed by atoms with Gasteiger partial charge in [-0.2, -0.15) is 0 Å². The first-order valence-electron chi connectivity index (χ1n) is 9.54. The number of rotatable bonds is 5. The molecule has 1 aliphatic rings. The molecule has 0 spiro atoms. The standard InChI is InChI=1S/C22H23N3O4/c1-13-20(22(28)24-18(12-26)21(23)27)17-10-16(6-7-19(17)29-13)25-9-8-14-4-2-3-5-15(14)11-25/h2-7,10,18,26H,8-9,11-12H2,1H3,(H2,23,27)(H,24,28)/t18-/m0/s1. The smallest absolute Gasteiger partial charge is 0.256 e. The van der Waals surface area contributed by atoms with Gasteiger partial charge in [0, 0.05) is 24.2 Å². The van der Waals surface area contributed by atoms with Gasteiger partial charge in [0.2, 0.25) is 5.91 Å². The molecule has 0 fully saturated rings. The van der Waals surface area contributed by atoms with Gasteiger partial charge in [0.05, 0.1) is 12.2 Å². The number of fused-ring (bicyclic) bond motifs is 2. The summed E-state index contributed by atoms with van der Waals surface area (Å²) in [6.45, 7) is 2.82. The highest BCUT2D eigenvalue weighted by Crippen LogP contribution is 2.32. The number of aliphatic hydroxyl groups is 1. The fourth-order valence-corrected chi connectivity index (χ4v) is 3.84. The molecule has 1 atom stereocenters. The molecule has 0 saturated carbocycles. The van der Waals surface area contributed by atoms with E-state index in [9.17, 15) is 14.7 Å². The molecule has 0 unspecified atom stereocenters. The minimum absolute atomic E-state index is 0.346. The lowest BCUT2D eigenvalue weighted by atomic mass is 9.99. The van der Waals surface area contributed by atoms with Gasteiger partial charge < -0.3 is 25.5 Å². The van der Waals surface area contributed by atoms with Gasteiger partial charge >= 0.3 is 0 Å². The Labute approximate surface area is 168 Å². The summed E-state index contributed by atoms with van der Waals surface area (Å²) in [4.78, 5) is 26.4. The molecular weight excluding hydrogens is 370 g/mol. The van der Waals surface area contributed by atoms with Crippen LogP contribution in [-0.2, 0) is 17.8 Å². The monoisotopic (exact) mass is 393 g/mol. The van der Waals surface area contributed by atoms with E-state index in [4.69, 9.17) is 10.2 Å². The third kappa shape index (κ3) is 3.56. The molecule has 4 rings (SSSR count). The Balaban J connectivity index is 1.67. The maximum absolute atomic E-state index is 12.8. The lowest BCUT2D eigenvalue weighted by Crippen LogP contribution is -2.46. The number of benzene rings is 2. The molecule has 1 aliphatic heterocycles. The number of nitrogens with zero attached hydrogens (tertiary/aromatic N) is 1. The average molecular weight is 393 g/mol. The number of nitrogens with two attached hydrogens (primary N) is 1. The molecule has 4 N–H and O–H groups in total. The highest BCUT2D eigenvalue weighted by atomic mass is 16.3. The Morgan fingerprint density at radius 1 is 1.24 bits per heavy atom. The molecule has 1 aromatic heterocycles. The highest BCUT2D eigenvalue weighted by Gasteiger charge is 2.24. The maximum atomic E-state index is 12.8. The van der Waals surface area contributed by atoms with Crippen LogP contribution in [-0.4, -0.2) is 36.1 Å².